The summed E-state index contributed by atoms with van der Waals surface area (Å²) >= 11 is 0. The standard InChI is InChI=1S/C10H12F3NO2/c11-10(12,13)9-2-1-8(16-4-3-15)5-7(9)6-14/h1-2,5,15H,3-4,6,14H2. The van der Waals surface area contributed by atoms with Crippen LogP contribution in [0, 0.1) is 0 Å². The van der Waals surface area contributed by atoms with Gasteiger partial charge in [0, 0.05) is 6.54 Å². The summed E-state index contributed by atoms with van der Waals surface area (Å²) in [5.74, 6) is 0.266. The van der Waals surface area contributed by atoms with Gasteiger partial charge < -0.3 is 15.6 Å². The highest BCUT2D eigenvalue weighted by Crippen LogP contribution is 2.33. The number of ether oxygens (including phenoxy) is 1. The number of aliphatic hydroxyl groups excluding tert-OH is 1. The van der Waals surface area contributed by atoms with Gasteiger partial charge in [-0.15, -0.1) is 0 Å². The van der Waals surface area contributed by atoms with Crippen LogP contribution in [0.3, 0.4) is 0 Å². The SMILES string of the molecule is NCc1cc(OCCO)ccc1C(F)(F)F. The van der Waals surface area contributed by atoms with E-state index in [0.717, 1.165) is 6.07 Å². The topological polar surface area (TPSA) is 55.5 Å². The van der Waals surface area contributed by atoms with Crippen LogP contribution in [-0.2, 0) is 12.7 Å². The van der Waals surface area contributed by atoms with E-state index in [-0.39, 0.29) is 31.1 Å². The Morgan fingerprint density at radius 3 is 2.50 bits per heavy atom. The van der Waals surface area contributed by atoms with Crippen molar-refractivity contribution in [3.8, 4) is 5.75 Å². The first-order valence-electron chi connectivity index (χ1n) is 4.63. The summed E-state index contributed by atoms with van der Waals surface area (Å²) in [5.41, 5.74) is 4.46. The van der Waals surface area contributed by atoms with Gasteiger partial charge in [-0.1, -0.05) is 0 Å². The zero-order valence-electron chi connectivity index (χ0n) is 8.42. The minimum absolute atomic E-state index is 0.0251. The van der Waals surface area contributed by atoms with E-state index in [2.05, 4.69) is 0 Å². The fraction of sp³-hybridized carbons (Fsp3) is 0.400. The third kappa shape index (κ3) is 3.11. The van der Waals surface area contributed by atoms with Gasteiger partial charge in [0.1, 0.15) is 12.4 Å². The van der Waals surface area contributed by atoms with Crippen LogP contribution in [-0.4, -0.2) is 18.3 Å². The molecule has 0 bridgehead atoms. The van der Waals surface area contributed by atoms with Crippen LogP contribution in [0.5, 0.6) is 5.75 Å². The Kier molecular flexibility index (Phi) is 4.14. The number of hydrogen-bond donors (Lipinski definition) is 2. The molecule has 0 heterocycles. The Balaban J connectivity index is 2.98. The molecule has 16 heavy (non-hydrogen) atoms. The number of nitrogens with two attached hydrogens (primary N) is 1. The predicted molar refractivity (Wildman–Crippen MR) is 51.9 cm³/mol. The molecule has 0 aromatic heterocycles. The minimum atomic E-state index is -4.41. The molecule has 90 valence electrons. The molecule has 0 saturated heterocycles. The lowest BCUT2D eigenvalue weighted by atomic mass is 10.1. The molecule has 0 aliphatic carbocycles. The maximum atomic E-state index is 12.5. The van der Waals surface area contributed by atoms with Crippen molar-refractivity contribution >= 4 is 0 Å². The van der Waals surface area contributed by atoms with Gasteiger partial charge in [-0.2, -0.15) is 13.2 Å². The largest absolute Gasteiger partial charge is 0.491 e. The number of alkyl halides is 3. The maximum absolute atomic E-state index is 12.5. The Morgan fingerprint density at radius 1 is 1.31 bits per heavy atom. The highest BCUT2D eigenvalue weighted by molar-refractivity contribution is 5.37. The number of aliphatic hydroxyl groups is 1. The molecule has 1 aromatic carbocycles. The van der Waals surface area contributed by atoms with Crippen LogP contribution in [0.25, 0.3) is 0 Å². The smallest absolute Gasteiger partial charge is 0.416 e. The molecule has 0 amide bonds. The van der Waals surface area contributed by atoms with Crippen LogP contribution in [0.15, 0.2) is 18.2 Å². The van der Waals surface area contributed by atoms with E-state index in [1.807, 2.05) is 0 Å². The Hall–Kier alpha value is -1.27. The molecule has 0 saturated carbocycles. The first-order chi connectivity index (χ1) is 7.49. The van der Waals surface area contributed by atoms with E-state index in [1.54, 1.807) is 0 Å². The molecule has 0 atom stereocenters. The van der Waals surface area contributed by atoms with Crippen molar-refractivity contribution in [3.63, 3.8) is 0 Å². The third-order valence-corrected chi connectivity index (χ3v) is 1.96. The molecule has 0 aliphatic heterocycles. The number of rotatable bonds is 4. The molecular weight excluding hydrogens is 223 g/mol. The molecule has 0 unspecified atom stereocenters. The highest BCUT2D eigenvalue weighted by Gasteiger charge is 2.32. The number of halogens is 3. The first kappa shape index (κ1) is 12.8. The van der Waals surface area contributed by atoms with Gasteiger partial charge in [0.15, 0.2) is 0 Å². The van der Waals surface area contributed by atoms with E-state index < -0.39 is 11.7 Å². The zero-order valence-corrected chi connectivity index (χ0v) is 8.42. The molecular formula is C10H12F3NO2. The zero-order chi connectivity index (χ0) is 12.2. The monoisotopic (exact) mass is 235 g/mol. The molecule has 1 rings (SSSR count). The van der Waals surface area contributed by atoms with Gasteiger partial charge in [-0.3, -0.25) is 0 Å². The summed E-state index contributed by atoms with van der Waals surface area (Å²) in [5, 5.41) is 8.51. The maximum Gasteiger partial charge on any atom is 0.416 e. The van der Waals surface area contributed by atoms with Gasteiger partial charge in [0.25, 0.3) is 0 Å². The van der Waals surface area contributed by atoms with Gasteiger partial charge in [-0.25, -0.2) is 0 Å². The van der Waals surface area contributed by atoms with Crippen molar-refractivity contribution < 1.29 is 23.0 Å². The normalized spacial score (nSPS) is 11.6. The molecule has 0 fully saturated rings. The third-order valence-electron chi connectivity index (χ3n) is 1.96. The number of hydrogen-bond acceptors (Lipinski definition) is 3. The van der Waals surface area contributed by atoms with E-state index in [9.17, 15) is 13.2 Å². The van der Waals surface area contributed by atoms with Gasteiger partial charge in [0.05, 0.1) is 12.2 Å². The van der Waals surface area contributed by atoms with Gasteiger partial charge >= 0.3 is 6.18 Å². The molecule has 6 heteroatoms. The molecule has 3 nitrogen and oxygen atoms in total. The quantitative estimate of drug-likeness (QED) is 0.832. The lowest BCUT2D eigenvalue weighted by molar-refractivity contribution is -0.138. The van der Waals surface area contributed by atoms with Gasteiger partial charge in [0.2, 0.25) is 0 Å². The minimum Gasteiger partial charge on any atom is -0.491 e. The molecule has 3 N–H and O–H groups in total. The molecule has 1 aromatic rings. The second-order valence-electron chi connectivity index (χ2n) is 3.09. The van der Waals surface area contributed by atoms with Crippen molar-refractivity contribution in [1.29, 1.82) is 0 Å². The van der Waals surface area contributed by atoms with Crippen molar-refractivity contribution in [2.45, 2.75) is 12.7 Å². The van der Waals surface area contributed by atoms with E-state index >= 15 is 0 Å². The van der Waals surface area contributed by atoms with Crippen LogP contribution < -0.4 is 10.5 Å². The Morgan fingerprint density at radius 2 is 2.00 bits per heavy atom. The highest BCUT2D eigenvalue weighted by atomic mass is 19.4. The Labute approximate surface area is 90.6 Å². The summed E-state index contributed by atoms with van der Waals surface area (Å²) in [6.07, 6.45) is -4.41. The average molecular weight is 235 g/mol. The number of benzene rings is 1. The van der Waals surface area contributed by atoms with Crippen LogP contribution in [0.1, 0.15) is 11.1 Å². The van der Waals surface area contributed by atoms with E-state index in [0.29, 0.717) is 0 Å². The first-order valence-corrected chi connectivity index (χ1v) is 4.63. The van der Waals surface area contributed by atoms with E-state index in [4.69, 9.17) is 15.6 Å². The van der Waals surface area contributed by atoms with Crippen molar-refractivity contribution in [1.82, 2.24) is 0 Å². The lowest BCUT2D eigenvalue weighted by Gasteiger charge is -2.13. The fourth-order valence-corrected chi connectivity index (χ4v) is 1.27. The Bertz CT molecular complexity index is 352. The van der Waals surface area contributed by atoms with Crippen molar-refractivity contribution in [2.24, 2.45) is 5.73 Å². The second kappa shape index (κ2) is 5.18. The van der Waals surface area contributed by atoms with Crippen LogP contribution in [0.2, 0.25) is 0 Å². The van der Waals surface area contributed by atoms with E-state index in [1.165, 1.54) is 12.1 Å². The molecule has 0 aliphatic rings. The lowest BCUT2D eigenvalue weighted by Crippen LogP contribution is -2.12. The summed E-state index contributed by atoms with van der Waals surface area (Å²) < 4.78 is 42.4. The second-order valence-corrected chi connectivity index (χ2v) is 3.09. The summed E-state index contributed by atoms with van der Waals surface area (Å²) in [6, 6.07) is 3.37. The average Bonchev–Trinajstić information content (AvgIpc) is 2.24. The van der Waals surface area contributed by atoms with Crippen LogP contribution >= 0.6 is 0 Å². The summed E-state index contributed by atoms with van der Waals surface area (Å²) in [4.78, 5) is 0. The molecule has 0 spiro atoms. The van der Waals surface area contributed by atoms with Crippen LogP contribution in [0.4, 0.5) is 13.2 Å². The van der Waals surface area contributed by atoms with Crippen molar-refractivity contribution in [2.75, 3.05) is 13.2 Å². The van der Waals surface area contributed by atoms with Gasteiger partial charge in [-0.05, 0) is 23.8 Å². The molecule has 0 radical (unpaired) electrons. The summed E-state index contributed by atoms with van der Waals surface area (Å²) in [7, 11) is 0. The fourth-order valence-electron chi connectivity index (χ4n) is 1.27. The predicted octanol–water partition coefficient (Wildman–Crippen LogP) is 1.54. The van der Waals surface area contributed by atoms with Crippen molar-refractivity contribution in [3.05, 3.63) is 29.3 Å². The summed E-state index contributed by atoms with van der Waals surface area (Å²) in [6.45, 7) is -0.375.